The molecule has 0 saturated carbocycles. The molecule has 4 rings (SSSR count). The Bertz CT molecular complexity index is 1010. The topological polar surface area (TPSA) is 69.8 Å². The van der Waals surface area contributed by atoms with E-state index < -0.39 is 0 Å². The van der Waals surface area contributed by atoms with Crippen molar-refractivity contribution in [2.24, 2.45) is 0 Å². The average Bonchev–Trinajstić information content (AvgIpc) is 3.31. The third-order valence-electron chi connectivity index (χ3n) is 6.50. The summed E-state index contributed by atoms with van der Waals surface area (Å²) in [5.74, 6) is 0. The summed E-state index contributed by atoms with van der Waals surface area (Å²) in [5, 5.41) is 5.17. The van der Waals surface area contributed by atoms with E-state index in [1.165, 1.54) is 5.56 Å². The van der Waals surface area contributed by atoms with Crippen LogP contribution in [0.3, 0.4) is 0 Å². The average molecular weight is 473 g/mol. The van der Waals surface area contributed by atoms with Gasteiger partial charge in [0.25, 0.3) is 5.56 Å². The van der Waals surface area contributed by atoms with Crippen LogP contribution in [0.1, 0.15) is 36.0 Å². The van der Waals surface area contributed by atoms with E-state index in [2.05, 4.69) is 39.2 Å². The zero-order chi connectivity index (χ0) is 23.2. The normalized spacial score (nSPS) is 19.2. The lowest BCUT2D eigenvalue weighted by atomic mass is 10.1. The smallest absolute Gasteiger partial charge is 0.253 e. The van der Waals surface area contributed by atoms with E-state index in [1.807, 2.05) is 13.0 Å². The number of fused-ring (bicyclic) bond motifs is 1. The summed E-state index contributed by atoms with van der Waals surface area (Å²) in [6.45, 7) is 11.6. The standard InChI is InChI=1S/C25H36N4O3S/c1-18-13-19(2)23-20(14-18)15-21(24(30)27-23)16-29(17-22-5-3-10-32-22)25(33)26-6-4-7-28-8-11-31-12-9-28/h13-15,22H,3-12,16-17H2,1-2H3,(H,26,33)(H,27,30). The Morgan fingerprint density at radius 3 is 2.82 bits per heavy atom. The van der Waals surface area contributed by atoms with E-state index in [-0.39, 0.29) is 11.7 Å². The third-order valence-corrected chi connectivity index (χ3v) is 6.90. The summed E-state index contributed by atoms with van der Waals surface area (Å²) in [7, 11) is 0. The lowest BCUT2D eigenvalue weighted by Crippen LogP contribution is -2.45. The zero-order valence-corrected chi connectivity index (χ0v) is 20.6. The van der Waals surface area contributed by atoms with Crippen molar-refractivity contribution in [3.05, 3.63) is 45.2 Å². The first kappa shape index (κ1) is 24.1. The van der Waals surface area contributed by atoms with Crippen LogP contribution in [0.5, 0.6) is 0 Å². The van der Waals surface area contributed by atoms with Gasteiger partial charge in [-0.1, -0.05) is 11.6 Å². The molecule has 1 atom stereocenters. The summed E-state index contributed by atoms with van der Waals surface area (Å²) < 4.78 is 11.3. The number of benzene rings is 1. The SMILES string of the molecule is Cc1cc(C)c2[nH]c(=O)c(CN(CC3CCCO3)C(=S)NCCCN3CCOCC3)cc2c1. The predicted molar refractivity (Wildman–Crippen MR) is 136 cm³/mol. The lowest BCUT2D eigenvalue weighted by Gasteiger charge is -2.29. The van der Waals surface area contributed by atoms with Gasteiger partial charge in [-0.15, -0.1) is 0 Å². The van der Waals surface area contributed by atoms with Gasteiger partial charge in [0, 0.05) is 38.3 Å². The highest BCUT2D eigenvalue weighted by atomic mass is 32.1. The van der Waals surface area contributed by atoms with Crippen molar-refractivity contribution in [2.75, 3.05) is 52.5 Å². The van der Waals surface area contributed by atoms with Crippen molar-refractivity contribution in [2.45, 2.75) is 45.8 Å². The molecule has 0 spiro atoms. The molecule has 8 heteroatoms. The summed E-state index contributed by atoms with van der Waals surface area (Å²) in [5.41, 5.74) is 3.85. The number of aromatic nitrogens is 1. The molecule has 0 amide bonds. The molecule has 2 aliphatic rings. The minimum Gasteiger partial charge on any atom is -0.379 e. The van der Waals surface area contributed by atoms with Crippen LogP contribution in [-0.4, -0.2) is 78.5 Å². The molecule has 0 aliphatic carbocycles. The monoisotopic (exact) mass is 472 g/mol. The second-order valence-corrected chi connectivity index (χ2v) is 9.61. The zero-order valence-electron chi connectivity index (χ0n) is 19.8. The van der Waals surface area contributed by atoms with E-state index in [9.17, 15) is 4.79 Å². The molecule has 1 aromatic heterocycles. The molecule has 0 bridgehead atoms. The quantitative estimate of drug-likeness (QED) is 0.452. The molecule has 2 aromatic rings. The number of nitrogens with zero attached hydrogens (tertiary/aromatic N) is 2. The van der Waals surface area contributed by atoms with E-state index >= 15 is 0 Å². The van der Waals surface area contributed by atoms with Crippen LogP contribution >= 0.6 is 12.2 Å². The number of pyridine rings is 1. The minimum atomic E-state index is -0.0538. The number of aryl methyl sites for hydroxylation is 2. The largest absolute Gasteiger partial charge is 0.379 e. The predicted octanol–water partition coefficient (Wildman–Crippen LogP) is 2.72. The Labute approximate surface area is 201 Å². The first-order valence-electron chi connectivity index (χ1n) is 12.1. The van der Waals surface area contributed by atoms with Crippen molar-refractivity contribution >= 4 is 28.2 Å². The van der Waals surface area contributed by atoms with Crippen LogP contribution in [0.15, 0.2) is 23.0 Å². The van der Waals surface area contributed by atoms with Gasteiger partial charge >= 0.3 is 0 Å². The van der Waals surface area contributed by atoms with Gasteiger partial charge in [0.15, 0.2) is 5.11 Å². The van der Waals surface area contributed by atoms with E-state index in [0.29, 0.717) is 18.2 Å². The summed E-state index contributed by atoms with van der Waals surface area (Å²) in [4.78, 5) is 20.5. The number of H-pyrrole nitrogens is 1. The molecule has 2 N–H and O–H groups in total. The fourth-order valence-electron chi connectivity index (χ4n) is 4.74. The Hall–Kier alpha value is -2.00. The van der Waals surface area contributed by atoms with Crippen LogP contribution in [0.25, 0.3) is 10.9 Å². The maximum Gasteiger partial charge on any atom is 0.253 e. The van der Waals surface area contributed by atoms with Crippen LogP contribution in [0, 0.1) is 13.8 Å². The van der Waals surface area contributed by atoms with Gasteiger partial charge in [-0.25, -0.2) is 0 Å². The van der Waals surface area contributed by atoms with Crippen LogP contribution < -0.4 is 10.9 Å². The van der Waals surface area contributed by atoms with Gasteiger partial charge in [-0.2, -0.15) is 0 Å². The van der Waals surface area contributed by atoms with Crippen molar-refractivity contribution in [3.63, 3.8) is 0 Å². The Balaban J connectivity index is 1.43. The molecule has 0 radical (unpaired) electrons. The number of rotatable bonds is 8. The van der Waals surface area contributed by atoms with Gasteiger partial charge < -0.3 is 24.7 Å². The summed E-state index contributed by atoms with van der Waals surface area (Å²) >= 11 is 5.77. The molecule has 2 saturated heterocycles. The first-order chi connectivity index (χ1) is 16.0. The molecular weight excluding hydrogens is 436 g/mol. The maximum absolute atomic E-state index is 12.9. The Kier molecular flexibility index (Phi) is 8.35. The van der Waals surface area contributed by atoms with E-state index in [0.717, 1.165) is 87.3 Å². The van der Waals surface area contributed by atoms with Gasteiger partial charge in [0.05, 0.1) is 31.4 Å². The molecule has 2 aliphatic heterocycles. The van der Waals surface area contributed by atoms with E-state index in [4.69, 9.17) is 21.7 Å². The maximum atomic E-state index is 12.9. The van der Waals surface area contributed by atoms with E-state index in [1.54, 1.807) is 0 Å². The number of ether oxygens (including phenoxy) is 2. The van der Waals surface area contributed by atoms with Gasteiger partial charge in [-0.3, -0.25) is 9.69 Å². The number of thiocarbonyl (C=S) groups is 1. The third kappa shape index (κ3) is 6.53. The van der Waals surface area contributed by atoms with Gasteiger partial charge in [0.2, 0.25) is 0 Å². The van der Waals surface area contributed by atoms with Crippen molar-refractivity contribution in [1.29, 1.82) is 0 Å². The van der Waals surface area contributed by atoms with Crippen LogP contribution in [0.2, 0.25) is 0 Å². The number of hydrogen-bond acceptors (Lipinski definition) is 5. The van der Waals surface area contributed by atoms with Crippen LogP contribution in [0.4, 0.5) is 0 Å². The number of aromatic amines is 1. The first-order valence-corrected chi connectivity index (χ1v) is 12.5. The van der Waals surface area contributed by atoms with Crippen molar-refractivity contribution in [3.8, 4) is 0 Å². The van der Waals surface area contributed by atoms with Gasteiger partial charge in [-0.05, 0) is 75.0 Å². The van der Waals surface area contributed by atoms with Crippen LogP contribution in [-0.2, 0) is 16.0 Å². The highest BCUT2D eigenvalue weighted by Crippen LogP contribution is 2.19. The number of hydrogen-bond donors (Lipinski definition) is 2. The molecule has 1 unspecified atom stereocenters. The summed E-state index contributed by atoms with van der Waals surface area (Å²) in [6, 6.07) is 6.23. The number of morpholine rings is 1. The van der Waals surface area contributed by atoms with Gasteiger partial charge in [0.1, 0.15) is 0 Å². The summed E-state index contributed by atoms with van der Waals surface area (Å²) in [6.07, 6.45) is 3.28. The fourth-order valence-corrected chi connectivity index (χ4v) is 4.98. The fraction of sp³-hybridized carbons (Fsp3) is 0.600. The van der Waals surface area contributed by atoms with Crippen molar-refractivity contribution < 1.29 is 9.47 Å². The minimum absolute atomic E-state index is 0.0538. The molecule has 33 heavy (non-hydrogen) atoms. The Morgan fingerprint density at radius 2 is 2.06 bits per heavy atom. The lowest BCUT2D eigenvalue weighted by molar-refractivity contribution is 0.0375. The molecular formula is C25H36N4O3S. The highest BCUT2D eigenvalue weighted by molar-refractivity contribution is 7.80. The highest BCUT2D eigenvalue weighted by Gasteiger charge is 2.22. The second-order valence-electron chi connectivity index (χ2n) is 9.22. The Morgan fingerprint density at radius 1 is 1.24 bits per heavy atom. The molecule has 180 valence electrons. The molecule has 2 fully saturated rings. The number of nitrogens with one attached hydrogen (secondary N) is 2. The van der Waals surface area contributed by atoms with Crippen molar-refractivity contribution in [1.82, 2.24) is 20.1 Å². The molecule has 1 aromatic carbocycles. The molecule has 3 heterocycles. The second kappa shape index (κ2) is 11.4. The molecule has 7 nitrogen and oxygen atoms in total.